The van der Waals surface area contributed by atoms with E-state index in [4.69, 9.17) is 4.74 Å². The molecule has 0 atom stereocenters. The van der Waals surface area contributed by atoms with E-state index < -0.39 is 0 Å². The molecule has 0 saturated heterocycles. The highest BCUT2D eigenvalue weighted by Crippen LogP contribution is 2.27. The first-order valence-electron chi connectivity index (χ1n) is 9.82. The number of carbonyl (C=O) groups excluding carboxylic acids is 1. The van der Waals surface area contributed by atoms with E-state index in [0.717, 1.165) is 11.4 Å². The van der Waals surface area contributed by atoms with Gasteiger partial charge in [0.1, 0.15) is 11.4 Å². The van der Waals surface area contributed by atoms with Crippen molar-refractivity contribution in [1.82, 2.24) is 19.7 Å². The van der Waals surface area contributed by atoms with Gasteiger partial charge in [-0.2, -0.15) is 0 Å². The van der Waals surface area contributed by atoms with Crippen LogP contribution < -0.4 is 10.1 Å². The normalized spacial score (nSPS) is 10.6. The van der Waals surface area contributed by atoms with E-state index in [-0.39, 0.29) is 11.7 Å². The molecule has 8 heteroatoms. The molecule has 1 N–H and O–H groups in total. The molecule has 0 aliphatic heterocycles. The number of hydrogen-bond donors (Lipinski definition) is 1. The van der Waals surface area contributed by atoms with Gasteiger partial charge in [0.15, 0.2) is 11.0 Å². The number of hydrogen-bond acceptors (Lipinski definition) is 6. The summed E-state index contributed by atoms with van der Waals surface area (Å²) in [6.07, 6.45) is 1.72. The number of para-hydroxylation sites is 1. The third-order valence-corrected chi connectivity index (χ3v) is 5.25. The number of thioether (sulfide) groups is 1. The van der Waals surface area contributed by atoms with Crippen molar-refractivity contribution >= 4 is 23.4 Å². The van der Waals surface area contributed by atoms with Crippen molar-refractivity contribution < 1.29 is 9.53 Å². The molecule has 2 aromatic heterocycles. The number of benzene rings is 2. The van der Waals surface area contributed by atoms with Crippen molar-refractivity contribution in [2.75, 3.05) is 17.7 Å². The molecule has 0 fully saturated rings. The molecule has 0 saturated carbocycles. The third-order valence-electron chi connectivity index (χ3n) is 4.32. The minimum atomic E-state index is -0.129. The predicted molar refractivity (Wildman–Crippen MR) is 122 cm³/mol. The fourth-order valence-corrected chi connectivity index (χ4v) is 3.71. The number of anilines is 1. The van der Waals surface area contributed by atoms with Crippen LogP contribution >= 0.6 is 11.8 Å². The molecular weight excluding hydrogens is 410 g/mol. The number of nitrogens with zero attached hydrogens (tertiary/aromatic N) is 4. The van der Waals surface area contributed by atoms with Crippen LogP contribution in [0.15, 0.2) is 84.1 Å². The highest BCUT2D eigenvalue weighted by molar-refractivity contribution is 7.99. The molecule has 2 heterocycles. The molecule has 4 aromatic rings. The summed E-state index contributed by atoms with van der Waals surface area (Å²) in [6, 6.07) is 22.7. The molecular formula is C23H21N5O2S. The van der Waals surface area contributed by atoms with Crippen LogP contribution in [-0.2, 0) is 4.79 Å². The van der Waals surface area contributed by atoms with Gasteiger partial charge in [0, 0.05) is 17.6 Å². The van der Waals surface area contributed by atoms with E-state index in [1.165, 1.54) is 11.8 Å². The smallest absolute Gasteiger partial charge is 0.234 e. The number of ether oxygens (including phenoxy) is 1. The number of amides is 1. The topological polar surface area (TPSA) is 81.9 Å². The quantitative estimate of drug-likeness (QED) is 0.415. The standard InChI is InChI=1S/C23H21N5O2S/c1-2-30-19-13-11-17(12-14-19)25-21(29)16-31-23-27-26-22(20-10-6-7-15-24-20)28(23)18-8-4-3-5-9-18/h3-15H,2,16H2,1H3,(H,25,29). The van der Waals surface area contributed by atoms with Gasteiger partial charge >= 0.3 is 0 Å². The van der Waals surface area contributed by atoms with Crippen molar-refractivity contribution in [3.8, 4) is 23.0 Å². The lowest BCUT2D eigenvalue weighted by Gasteiger charge is -2.10. The van der Waals surface area contributed by atoms with E-state index in [0.29, 0.717) is 29.0 Å². The number of rotatable bonds is 8. The Bertz CT molecular complexity index is 1130. The van der Waals surface area contributed by atoms with Crippen molar-refractivity contribution in [2.45, 2.75) is 12.1 Å². The summed E-state index contributed by atoms with van der Waals surface area (Å²) in [5, 5.41) is 12.2. The van der Waals surface area contributed by atoms with Crippen LogP contribution in [0.1, 0.15) is 6.92 Å². The molecule has 4 rings (SSSR count). The molecule has 0 radical (unpaired) electrons. The number of aromatic nitrogens is 4. The lowest BCUT2D eigenvalue weighted by atomic mass is 10.3. The first kappa shape index (κ1) is 20.6. The Morgan fingerprint density at radius 1 is 1.00 bits per heavy atom. The summed E-state index contributed by atoms with van der Waals surface area (Å²) >= 11 is 1.32. The van der Waals surface area contributed by atoms with Crippen molar-refractivity contribution in [1.29, 1.82) is 0 Å². The Hall–Kier alpha value is -3.65. The fraction of sp³-hybridized carbons (Fsp3) is 0.130. The summed E-state index contributed by atoms with van der Waals surface area (Å²) in [6.45, 7) is 2.53. The maximum absolute atomic E-state index is 12.5. The van der Waals surface area contributed by atoms with Gasteiger partial charge in [0.25, 0.3) is 0 Å². The van der Waals surface area contributed by atoms with Crippen LogP contribution in [0.25, 0.3) is 17.2 Å². The largest absolute Gasteiger partial charge is 0.494 e. The van der Waals surface area contributed by atoms with E-state index in [9.17, 15) is 4.79 Å². The monoisotopic (exact) mass is 431 g/mol. The van der Waals surface area contributed by atoms with Gasteiger partial charge in [-0.15, -0.1) is 10.2 Å². The maximum atomic E-state index is 12.5. The molecule has 7 nitrogen and oxygen atoms in total. The molecule has 0 unspecified atom stereocenters. The maximum Gasteiger partial charge on any atom is 0.234 e. The van der Waals surface area contributed by atoms with Gasteiger partial charge in [-0.3, -0.25) is 14.3 Å². The SMILES string of the molecule is CCOc1ccc(NC(=O)CSc2nnc(-c3ccccn3)n2-c2ccccc2)cc1. The van der Waals surface area contributed by atoms with Crippen molar-refractivity contribution in [3.05, 3.63) is 79.0 Å². The van der Waals surface area contributed by atoms with Crippen LogP contribution in [0.2, 0.25) is 0 Å². The van der Waals surface area contributed by atoms with Gasteiger partial charge in [0.2, 0.25) is 5.91 Å². The zero-order valence-electron chi connectivity index (χ0n) is 16.9. The average Bonchev–Trinajstić information content (AvgIpc) is 3.24. The van der Waals surface area contributed by atoms with Crippen LogP contribution in [0.5, 0.6) is 5.75 Å². The minimum absolute atomic E-state index is 0.129. The Kier molecular flexibility index (Phi) is 6.59. The Morgan fingerprint density at radius 2 is 1.77 bits per heavy atom. The van der Waals surface area contributed by atoms with Gasteiger partial charge in [-0.1, -0.05) is 36.0 Å². The van der Waals surface area contributed by atoms with Crippen LogP contribution in [-0.4, -0.2) is 38.0 Å². The summed E-state index contributed by atoms with van der Waals surface area (Å²) in [4.78, 5) is 16.9. The molecule has 31 heavy (non-hydrogen) atoms. The van der Waals surface area contributed by atoms with Crippen molar-refractivity contribution in [3.63, 3.8) is 0 Å². The molecule has 2 aromatic carbocycles. The molecule has 0 bridgehead atoms. The minimum Gasteiger partial charge on any atom is -0.494 e. The highest BCUT2D eigenvalue weighted by Gasteiger charge is 2.18. The molecule has 1 amide bonds. The zero-order chi connectivity index (χ0) is 21.5. The van der Waals surface area contributed by atoms with Crippen molar-refractivity contribution in [2.24, 2.45) is 0 Å². The molecule has 0 aliphatic carbocycles. The lowest BCUT2D eigenvalue weighted by molar-refractivity contribution is -0.113. The lowest BCUT2D eigenvalue weighted by Crippen LogP contribution is -2.14. The predicted octanol–water partition coefficient (Wildman–Crippen LogP) is 4.46. The summed E-state index contributed by atoms with van der Waals surface area (Å²) in [5.74, 6) is 1.46. The van der Waals surface area contributed by atoms with Gasteiger partial charge in [-0.25, -0.2) is 0 Å². The fourth-order valence-electron chi connectivity index (χ4n) is 2.96. The summed E-state index contributed by atoms with van der Waals surface area (Å²) in [5.41, 5.74) is 2.33. The summed E-state index contributed by atoms with van der Waals surface area (Å²) < 4.78 is 7.34. The Morgan fingerprint density at radius 3 is 2.48 bits per heavy atom. The molecule has 0 spiro atoms. The van der Waals surface area contributed by atoms with E-state index in [1.54, 1.807) is 6.20 Å². The average molecular weight is 432 g/mol. The van der Waals surface area contributed by atoms with Gasteiger partial charge in [-0.05, 0) is 55.5 Å². The molecule has 0 aliphatic rings. The number of nitrogens with one attached hydrogen (secondary N) is 1. The zero-order valence-corrected chi connectivity index (χ0v) is 17.7. The third kappa shape index (κ3) is 5.10. The van der Waals surface area contributed by atoms with E-state index in [1.807, 2.05) is 84.3 Å². The second-order valence-corrected chi connectivity index (χ2v) is 7.43. The highest BCUT2D eigenvalue weighted by atomic mass is 32.2. The van der Waals surface area contributed by atoms with Crippen LogP contribution in [0.4, 0.5) is 5.69 Å². The summed E-state index contributed by atoms with van der Waals surface area (Å²) in [7, 11) is 0. The number of carbonyl (C=O) groups is 1. The Labute approximate surface area is 184 Å². The molecule has 156 valence electrons. The second kappa shape index (κ2) is 9.90. The number of pyridine rings is 1. The van der Waals surface area contributed by atoms with Crippen LogP contribution in [0.3, 0.4) is 0 Å². The first-order valence-corrected chi connectivity index (χ1v) is 10.8. The Balaban J connectivity index is 1.50. The second-order valence-electron chi connectivity index (χ2n) is 6.49. The first-order chi connectivity index (χ1) is 15.2. The van der Waals surface area contributed by atoms with Gasteiger partial charge in [0.05, 0.1) is 12.4 Å². The van der Waals surface area contributed by atoms with E-state index >= 15 is 0 Å². The van der Waals surface area contributed by atoms with Crippen LogP contribution in [0, 0.1) is 0 Å². The van der Waals surface area contributed by atoms with Gasteiger partial charge < -0.3 is 10.1 Å². The van der Waals surface area contributed by atoms with E-state index in [2.05, 4.69) is 20.5 Å².